The molecule has 1 aliphatic rings. The number of imide groups is 1. The highest BCUT2D eigenvalue weighted by molar-refractivity contribution is 5.93. The summed E-state index contributed by atoms with van der Waals surface area (Å²) in [6.07, 6.45) is 1.30. The third kappa shape index (κ3) is 5.82. The molecule has 1 atom stereocenters. The summed E-state index contributed by atoms with van der Waals surface area (Å²) in [7, 11) is 0. The van der Waals surface area contributed by atoms with Gasteiger partial charge in [0.2, 0.25) is 5.91 Å². The van der Waals surface area contributed by atoms with E-state index >= 15 is 0 Å². The van der Waals surface area contributed by atoms with Gasteiger partial charge < -0.3 is 11.1 Å². The van der Waals surface area contributed by atoms with Crippen LogP contribution in [0, 0.1) is 0 Å². The molecule has 1 fully saturated rings. The number of hydrogen-bond donors (Lipinski definition) is 3. The average Bonchev–Trinajstić information content (AvgIpc) is 2.53. The molecule has 1 aliphatic heterocycles. The van der Waals surface area contributed by atoms with E-state index in [1.54, 1.807) is 0 Å². The molecule has 0 saturated carbocycles. The van der Waals surface area contributed by atoms with Gasteiger partial charge in [0, 0.05) is 38.6 Å². The molecule has 4 N–H and O–H groups in total. The van der Waals surface area contributed by atoms with E-state index in [-0.39, 0.29) is 30.8 Å². The second-order valence-corrected chi connectivity index (χ2v) is 5.51. The Hall–Kier alpha value is -1.63. The fraction of sp³-hybridized carbons (Fsp3) is 0.500. The topological polar surface area (TPSA) is 87.5 Å². The van der Waals surface area contributed by atoms with Gasteiger partial charge in [0.15, 0.2) is 0 Å². The Morgan fingerprint density at radius 3 is 2.65 bits per heavy atom. The molecule has 1 aromatic carbocycles. The first-order valence-corrected chi connectivity index (χ1v) is 7.73. The van der Waals surface area contributed by atoms with Crippen LogP contribution in [0.4, 0.5) is 4.79 Å². The summed E-state index contributed by atoms with van der Waals surface area (Å²) >= 11 is 0. The lowest BCUT2D eigenvalue weighted by atomic mass is 10.0. The summed E-state index contributed by atoms with van der Waals surface area (Å²) in [4.78, 5) is 24.5. The van der Waals surface area contributed by atoms with Crippen molar-refractivity contribution in [3.63, 3.8) is 0 Å². The van der Waals surface area contributed by atoms with E-state index in [0.29, 0.717) is 6.54 Å². The molecule has 0 bridgehead atoms. The average molecular weight is 341 g/mol. The van der Waals surface area contributed by atoms with Crippen LogP contribution in [0.5, 0.6) is 0 Å². The minimum atomic E-state index is -0.794. The van der Waals surface area contributed by atoms with Crippen molar-refractivity contribution < 1.29 is 9.59 Å². The van der Waals surface area contributed by atoms with Crippen LogP contribution in [0.25, 0.3) is 0 Å². The minimum Gasteiger partial charge on any atom is -0.351 e. The Bertz CT molecular complexity index is 521. The number of amides is 3. The lowest BCUT2D eigenvalue weighted by molar-refractivity contribution is -0.120. The summed E-state index contributed by atoms with van der Waals surface area (Å²) in [5, 5.41) is 5.51. The fourth-order valence-corrected chi connectivity index (χ4v) is 2.76. The molecule has 23 heavy (non-hydrogen) atoms. The molecule has 2 rings (SSSR count). The van der Waals surface area contributed by atoms with E-state index in [1.807, 2.05) is 0 Å². The van der Waals surface area contributed by atoms with Crippen molar-refractivity contribution in [2.75, 3.05) is 26.2 Å². The molecular weight excluding hydrogens is 316 g/mol. The number of carbonyl (C=O) groups excluding carboxylic acids is 2. The second-order valence-electron chi connectivity index (χ2n) is 5.51. The van der Waals surface area contributed by atoms with E-state index in [9.17, 15) is 9.59 Å². The maximum Gasteiger partial charge on any atom is 0.318 e. The summed E-state index contributed by atoms with van der Waals surface area (Å²) in [5.74, 6) is -0.328. The zero-order valence-electron chi connectivity index (χ0n) is 13.4. The van der Waals surface area contributed by atoms with E-state index in [2.05, 4.69) is 46.7 Å². The summed E-state index contributed by atoms with van der Waals surface area (Å²) in [6.45, 7) is 5.40. The lowest BCUT2D eigenvalue weighted by Crippen LogP contribution is -2.47. The van der Waals surface area contributed by atoms with E-state index in [0.717, 1.165) is 26.1 Å². The highest BCUT2D eigenvalue weighted by Crippen LogP contribution is 2.22. The normalized spacial score (nSPS) is 18.0. The number of nitrogens with one attached hydrogen (secondary N) is 2. The Morgan fingerprint density at radius 1 is 1.35 bits per heavy atom. The number of nitrogens with zero attached hydrogens (tertiary/aromatic N) is 1. The molecule has 0 aromatic heterocycles. The number of urea groups is 1. The largest absolute Gasteiger partial charge is 0.351 e. The first-order chi connectivity index (χ1) is 10.6. The monoisotopic (exact) mass is 340 g/mol. The van der Waals surface area contributed by atoms with Gasteiger partial charge in [-0.1, -0.05) is 31.2 Å². The van der Waals surface area contributed by atoms with Gasteiger partial charge in [0.1, 0.15) is 0 Å². The number of aryl methyl sites for hydroxylation is 1. The van der Waals surface area contributed by atoms with Gasteiger partial charge in [-0.3, -0.25) is 15.0 Å². The highest BCUT2D eigenvalue weighted by atomic mass is 35.5. The number of nitrogens with two attached hydrogens (primary N) is 1. The number of rotatable bonds is 5. The van der Waals surface area contributed by atoms with Crippen molar-refractivity contribution in [2.45, 2.75) is 25.8 Å². The van der Waals surface area contributed by atoms with Crippen molar-refractivity contribution in [2.24, 2.45) is 5.73 Å². The van der Waals surface area contributed by atoms with Gasteiger partial charge in [0.05, 0.1) is 0 Å². The maximum atomic E-state index is 11.6. The highest BCUT2D eigenvalue weighted by Gasteiger charge is 2.24. The smallest absolute Gasteiger partial charge is 0.318 e. The number of carbonyl (C=O) groups is 2. The first-order valence-electron chi connectivity index (χ1n) is 7.73. The van der Waals surface area contributed by atoms with Crippen molar-refractivity contribution in [3.8, 4) is 0 Å². The Morgan fingerprint density at radius 2 is 2.04 bits per heavy atom. The Labute approximate surface area is 143 Å². The molecular formula is C16H25ClN4O2. The van der Waals surface area contributed by atoms with Crippen LogP contribution in [0.1, 0.15) is 30.5 Å². The van der Waals surface area contributed by atoms with Gasteiger partial charge in [-0.05, 0) is 17.5 Å². The number of piperazine rings is 1. The molecule has 1 heterocycles. The molecule has 0 radical (unpaired) electrons. The number of halogens is 1. The van der Waals surface area contributed by atoms with Gasteiger partial charge >= 0.3 is 6.03 Å². The molecule has 1 aromatic rings. The predicted octanol–water partition coefficient (Wildman–Crippen LogP) is 1.20. The van der Waals surface area contributed by atoms with Gasteiger partial charge in [-0.25, -0.2) is 4.79 Å². The number of hydrogen-bond acceptors (Lipinski definition) is 4. The van der Waals surface area contributed by atoms with Gasteiger partial charge in [0.25, 0.3) is 0 Å². The minimum absolute atomic E-state index is 0. The summed E-state index contributed by atoms with van der Waals surface area (Å²) < 4.78 is 0. The standard InChI is InChI=1S/C16H24N4O2.ClH/c1-2-12-3-5-13(6-4-12)14-11-18-8-10-20(14)9-7-15(21)19-16(17)22;/h3-6,14,18H,2,7-11H2,1H3,(H3,17,19,21,22);1H. The molecule has 0 spiro atoms. The molecule has 0 aliphatic carbocycles. The third-order valence-corrected chi connectivity index (χ3v) is 4.02. The molecule has 1 unspecified atom stereocenters. The Balaban J connectivity index is 0.00000264. The zero-order valence-corrected chi connectivity index (χ0v) is 14.2. The summed E-state index contributed by atoms with van der Waals surface area (Å²) in [6, 6.07) is 8.09. The van der Waals surface area contributed by atoms with Gasteiger partial charge in [-0.15, -0.1) is 12.4 Å². The molecule has 6 nitrogen and oxygen atoms in total. The Kier molecular flexibility index (Phi) is 8.02. The van der Waals surface area contributed by atoms with Crippen molar-refractivity contribution >= 4 is 24.3 Å². The number of benzene rings is 1. The van der Waals surface area contributed by atoms with Crippen molar-refractivity contribution in [3.05, 3.63) is 35.4 Å². The van der Waals surface area contributed by atoms with E-state index in [4.69, 9.17) is 5.73 Å². The summed E-state index contributed by atoms with van der Waals surface area (Å²) in [5.41, 5.74) is 7.52. The maximum absolute atomic E-state index is 11.6. The van der Waals surface area contributed by atoms with Crippen LogP contribution in [0.3, 0.4) is 0 Å². The van der Waals surface area contributed by atoms with Crippen LogP contribution < -0.4 is 16.4 Å². The fourth-order valence-electron chi connectivity index (χ4n) is 2.76. The molecule has 7 heteroatoms. The number of primary amides is 1. The SMILES string of the molecule is CCc1ccc(C2CNCCN2CCC(=O)NC(N)=O)cc1.Cl. The van der Waals surface area contributed by atoms with Crippen LogP contribution >= 0.6 is 12.4 Å². The van der Waals surface area contributed by atoms with Gasteiger partial charge in [-0.2, -0.15) is 0 Å². The van der Waals surface area contributed by atoms with Crippen molar-refractivity contribution in [1.29, 1.82) is 0 Å². The first kappa shape index (κ1) is 19.4. The van der Waals surface area contributed by atoms with E-state index < -0.39 is 6.03 Å². The van der Waals surface area contributed by atoms with Crippen LogP contribution in [-0.4, -0.2) is 43.0 Å². The molecule has 3 amide bonds. The van der Waals surface area contributed by atoms with Crippen LogP contribution in [-0.2, 0) is 11.2 Å². The lowest BCUT2D eigenvalue weighted by Gasteiger charge is -2.36. The third-order valence-electron chi connectivity index (χ3n) is 4.02. The van der Waals surface area contributed by atoms with Crippen LogP contribution in [0.15, 0.2) is 24.3 Å². The predicted molar refractivity (Wildman–Crippen MR) is 92.6 cm³/mol. The van der Waals surface area contributed by atoms with Crippen molar-refractivity contribution in [1.82, 2.24) is 15.5 Å². The van der Waals surface area contributed by atoms with Crippen LogP contribution in [0.2, 0.25) is 0 Å². The van der Waals surface area contributed by atoms with E-state index in [1.165, 1.54) is 11.1 Å². The zero-order chi connectivity index (χ0) is 15.9. The quantitative estimate of drug-likeness (QED) is 0.751. The molecule has 1 saturated heterocycles. The molecule has 128 valence electrons. The second kappa shape index (κ2) is 9.50.